The summed E-state index contributed by atoms with van der Waals surface area (Å²) in [4.78, 5) is 24.9. The van der Waals surface area contributed by atoms with Gasteiger partial charge in [0.1, 0.15) is 11.1 Å². The van der Waals surface area contributed by atoms with Crippen molar-refractivity contribution in [2.24, 2.45) is 0 Å². The molecule has 1 saturated heterocycles. The molecule has 0 spiro atoms. The fourth-order valence-corrected chi connectivity index (χ4v) is 5.58. The van der Waals surface area contributed by atoms with Crippen LogP contribution < -0.4 is 4.74 Å². The summed E-state index contributed by atoms with van der Waals surface area (Å²) >= 11 is 1.52. The Hall–Kier alpha value is -1.74. The molecule has 0 bridgehead atoms. The number of hydrogen-bond donors (Lipinski definition) is 1. The van der Waals surface area contributed by atoms with Crippen LogP contribution in [0.4, 0.5) is 0 Å². The topological polar surface area (TPSA) is 101 Å². The van der Waals surface area contributed by atoms with Gasteiger partial charge in [-0.25, -0.2) is 13.2 Å². The summed E-state index contributed by atoms with van der Waals surface area (Å²) in [6.07, 6.45) is 1.14. The lowest BCUT2D eigenvalue weighted by Gasteiger charge is -2.34. The third kappa shape index (κ3) is 4.66. The van der Waals surface area contributed by atoms with Gasteiger partial charge in [0.15, 0.2) is 16.4 Å². The van der Waals surface area contributed by atoms with Crippen LogP contribution in [0.1, 0.15) is 21.5 Å². The number of carbonyl (C=O) groups excluding carboxylic acids is 1. The summed E-state index contributed by atoms with van der Waals surface area (Å²) in [6, 6.07) is 3.21. The molecule has 7 nitrogen and oxygen atoms in total. The smallest absolute Gasteiger partial charge is 0.341 e. The molecule has 0 radical (unpaired) electrons. The maximum absolute atomic E-state index is 12.9. The predicted octanol–water partition coefficient (Wildman–Crippen LogP) is 1.33. The maximum atomic E-state index is 12.9. The maximum Gasteiger partial charge on any atom is 0.341 e. The van der Waals surface area contributed by atoms with E-state index in [2.05, 4.69) is 0 Å². The second-order valence-corrected chi connectivity index (χ2v) is 9.33. The van der Waals surface area contributed by atoms with E-state index >= 15 is 0 Å². The van der Waals surface area contributed by atoms with Crippen molar-refractivity contribution in [1.82, 2.24) is 4.90 Å². The highest BCUT2D eigenvalue weighted by Gasteiger charge is 2.34. The van der Waals surface area contributed by atoms with Crippen molar-refractivity contribution in [3.05, 3.63) is 28.8 Å². The van der Waals surface area contributed by atoms with Gasteiger partial charge in [-0.3, -0.25) is 4.79 Å². The molecule has 1 N–H and O–H groups in total. The van der Waals surface area contributed by atoms with E-state index in [0.29, 0.717) is 40.5 Å². The molecule has 1 fully saturated rings. The molecule has 0 aromatic heterocycles. The molecule has 1 atom stereocenters. The number of aryl methyl sites for hydroxylation is 2. The van der Waals surface area contributed by atoms with Gasteiger partial charge in [0, 0.05) is 29.9 Å². The molecule has 2 rings (SSSR count). The molecular weight excluding hydrogens is 366 g/mol. The van der Waals surface area contributed by atoms with Crippen molar-refractivity contribution in [2.75, 3.05) is 30.9 Å². The highest BCUT2D eigenvalue weighted by Crippen LogP contribution is 2.28. The zero-order valence-corrected chi connectivity index (χ0v) is 15.9. The fraction of sp³-hybridized carbons (Fsp3) is 0.500. The summed E-state index contributed by atoms with van der Waals surface area (Å²) in [5, 5.41) is 7.90. The highest BCUT2D eigenvalue weighted by molar-refractivity contribution is 8.00. The summed E-state index contributed by atoms with van der Waals surface area (Å²) < 4.78 is 29.2. The van der Waals surface area contributed by atoms with Crippen LogP contribution in [0.15, 0.2) is 12.1 Å². The summed E-state index contributed by atoms with van der Waals surface area (Å²) in [5.74, 6) is 0.0537. The van der Waals surface area contributed by atoms with Crippen LogP contribution in [0.25, 0.3) is 0 Å². The zero-order chi connectivity index (χ0) is 18.8. The van der Waals surface area contributed by atoms with Crippen LogP contribution in [0.3, 0.4) is 0 Å². The standard InChI is InChI=1S/C16H21NO6S2/c1-10-6-12(7-11(2)15(10)23-8-14(18)19)16(20)17-4-5-24-9-13(17)25(3,21)22/h6-7,13H,4-5,8-9H2,1-3H3,(H,18,19). The zero-order valence-electron chi connectivity index (χ0n) is 14.3. The SMILES string of the molecule is Cc1cc(C(=O)N2CCSCC2S(C)(=O)=O)cc(C)c1OCC(=O)O. The Morgan fingerprint density at radius 2 is 1.92 bits per heavy atom. The molecule has 138 valence electrons. The molecule has 9 heteroatoms. The van der Waals surface area contributed by atoms with Gasteiger partial charge in [-0.15, -0.1) is 0 Å². The second kappa shape index (κ2) is 7.65. The van der Waals surface area contributed by atoms with Crippen molar-refractivity contribution in [3.63, 3.8) is 0 Å². The average molecular weight is 387 g/mol. The van der Waals surface area contributed by atoms with Crippen molar-refractivity contribution in [2.45, 2.75) is 19.2 Å². The second-order valence-electron chi connectivity index (χ2n) is 5.98. The average Bonchev–Trinajstić information content (AvgIpc) is 2.52. The van der Waals surface area contributed by atoms with Gasteiger partial charge in [0.25, 0.3) is 5.91 Å². The minimum atomic E-state index is -3.38. The molecule has 1 aromatic carbocycles. The van der Waals surface area contributed by atoms with Crippen LogP contribution in [-0.2, 0) is 14.6 Å². The first-order valence-electron chi connectivity index (χ1n) is 7.64. The molecule has 1 aromatic rings. The number of carboxylic acid groups (broad SMARTS) is 1. The van der Waals surface area contributed by atoms with E-state index in [4.69, 9.17) is 9.84 Å². The Labute approximate surface area is 151 Å². The van der Waals surface area contributed by atoms with Gasteiger partial charge in [-0.1, -0.05) is 0 Å². The van der Waals surface area contributed by atoms with Crippen molar-refractivity contribution < 1.29 is 27.9 Å². The monoisotopic (exact) mass is 387 g/mol. The molecular formula is C16H21NO6S2. The largest absolute Gasteiger partial charge is 0.481 e. The predicted molar refractivity (Wildman–Crippen MR) is 96.0 cm³/mol. The molecule has 25 heavy (non-hydrogen) atoms. The molecule has 1 aliphatic rings. The van der Waals surface area contributed by atoms with E-state index in [9.17, 15) is 18.0 Å². The quantitative estimate of drug-likeness (QED) is 0.813. The first-order valence-corrected chi connectivity index (χ1v) is 10.8. The Balaban J connectivity index is 2.31. The van der Waals surface area contributed by atoms with Gasteiger partial charge in [0.2, 0.25) is 0 Å². The van der Waals surface area contributed by atoms with Crippen LogP contribution in [0.5, 0.6) is 5.75 Å². The first-order chi connectivity index (χ1) is 11.6. The minimum Gasteiger partial charge on any atom is -0.481 e. The van der Waals surface area contributed by atoms with Crippen molar-refractivity contribution in [3.8, 4) is 5.75 Å². The van der Waals surface area contributed by atoms with E-state index in [0.717, 1.165) is 6.26 Å². The lowest BCUT2D eigenvalue weighted by molar-refractivity contribution is -0.139. The van der Waals surface area contributed by atoms with Crippen LogP contribution >= 0.6 is 11.8 Å². The number of rotatable bonds is 5. The fourth-order valence-electron chi connectivity index (χ4n) is 2.77. The summed E-state index contributed by atoms with van der Waals surface area (Å²) in [5.41, 5.74) is 1.64. The van der Waals surface area contributed by atoms with E-state index in [1.54, 1.807) is 26.0 Å². The molecule has 1 unspecified atom stereocenters. The van der Waals surface area contributed by atoms with Gasteiger partial charge in [0.05, 0.1) is 0 Å². The van der Waals surface area contributed by atoms with Gasteiger partial charge >= 0.3 is 5.97 Å². The molecule has 0 aliphatic carbocycles. The number of thioether (sulfide) groups is 1. The molecule has 1 heterocycles. The lowest BCUT2D eigenvalue weighted by atomic mass is 10.0. The number of ether oxygens (including phenoxy) is 1. The third-order valence-electron chi connectivity index (χ3n) is 3.89. The van der Waals surface area contributed by atoms with Crippen LogP contribution in [-0.4, -0.2) is 66.6 Å². The minimum absolute atomic E-state index is 0.341. The number of carbonyl (C=O) groups is 2. The Bertz CT molecular complexity index is 767. The van der Waals surface area contributed by atoms with E-state index in [-0.39, 0.29) is 5.91 Å². The van der Waals surface area contributed by atoms with Crippen LogP contribution in [0, 0.1) is 13.8 Å². The number of sulfone groups is 1. The number of benzene rings is 1. The van der Waals surface area contributed by atoms with Crippen molar-refractivity contribution in [1.29, 1.82) is 0 Å². The van der Waals surface area contributed by atoms with E-state index in [1.807, 2.05) is 0 Å². The Morgan fingerprint density at radius 3 is 2.44 bits per heavy atom. The first kappa shape index (κ1) is 19.6. The highest BCUT2D eigenvalue weighted by atomic mass is 32.2. The lowest BCUT2D eigenvalue weighted by Crippen LogP contribution is -2.49. The number of aliphatic carboxylic acids is 1. The van der Waals surface area contributed by atoms with Gasteiger partial charge in [-0.05, 0) is 37.1 Å². The molecule has 1 aliphatic heterocycles. The van der Waals surface area contributed by atoms with E-state index in [1.165, 1.54) is 16.7 Å². The van der Waals surface area contributed by atoms with Crippen LogP contribution in [0.2, 0.25) is 0 Å². The van der Waals surface area contributed by atoms with Crippen molar-refractivity contribution >= 4 is 33.5 Å². The normalized spacial score (nSPS) is 18.0. The third-order valence-corrected chi connectivity index (χ3v) is 6.53. The Morgan fingerprint density at radius 1 is 1.32 bits per heavy atom. The summed E-state index contributed by atoms with van der Waals surface area (Å²) in [7, 11) is -3.38. The number of nitrogens with zero attached hydrogens (tertiary/aromatic N) is 1. The number of carboxylic acids is 1. The number of hydrogen-bond acceptors (Lipinski definition) is 6. The van der Waals surface area contributed by atoms with Gasteiger partial charge < -0.3 is 14.7 Å². The van der Waals surface area contributed by atoms with E-state index < -0.39 is 27.8 Å². The number of amides is 1. The Kier molecular flexibility index (Phi) is 5.99. The molecule has 0 saturated carbocycles. The van der Waals surface area contributed by atoms with Gasteiger partial charge in [-0.2, -0.15) is 11.8 Å². The molecule has 1 amide bonds. The summed E-state index contributed by atoms with van der Waals surface area (Å²) in [6.45, 7) is 3.35.